The number of fused-ring (bicyclic) bond motifs is 1. The number of imide groups is 1. The Morgan fingerprint density at radius 1 is 1.00 bits per heavy atom. The standard InChI is InChI=1S/C20H20N2O3/c21-20(10-15(20)12-25-11-14-6-2-1-3-7-14)13-22-18(23)16-8-4-5-9-17(16)19(22)24/h1-9,15H,10-13,21H2/t15-,20-/m1/s1. The molecule has 0 bridgehead atoms. The van der Waals surface area contributed by atoms with Crippen molar-refractivity contribution in [2.75, 3.05) is 13.2 Å². The third-order valence-corrected chi connectivity index (χ3v) is 5.04. The normalized spacial score (nSPS) is 24.5. The second-order valence-electron chi connectivity index (χ2n) is 6.88. The Kier molecular flexibility index (Phi) is 3.90. The molecule has 2 aliphatic rings. The van der Waals surface area contributed by atoms with Crippen molar-refractivity contribution in [3.63, 3.8) is 0 Å². The Labute approximate surface area is 146 Å². The van der Waals surface area contributed by atoms with Gasteiger partial charge in [0.2, 0.25) is 0 Å². The average molecular weight is 336 g/mol. The lowest BCUT2D eigenvalue weighted by molar-refractivity contribution is 0.0623. The van der Waals surface area contributed by atoms with Crippen molar-refractivity contribution < 1.29 is 14.3 Å². The van der Waals surface area contributed by atoms with E-state index < -0.39 is 5.54 Å². The first kappa shape index (κ1) is 16.0. The van der Waals surface area contributed by atoms with Crippen LogP contribution in [0.4, 0.5) is 0 Å². The lowest BCUT2D eigenvalue weighted by Crippen LogP contribution is -2.44. The zero-order valence-electron chi connectivity index (χ0n) is 13.9. The Hall–Kier alpha value is -2.50. The number of nitrogens with two attached hydrogens (primary N) is 1. The summed E-state index contributed by atoms with van der Waals surface area (Å²) < 4.78 is 5.75. The van der Waals surface area contributed by atoms with E-state index in [-0.39, 0.29) is 24.3 Å². The van der Waals surface area contributed by atoms with E-state index in [2.05, 4.69) is 0 Å². The molecule has 0 unspecified atom stereocenters. The second kappa shape index (κ2) is 6.10. The van der Waals surface area contributed by atoms with E-state index in [4.69, 9.17) is 10.5 Å². The number of benzene rings is 2. The van der Waals surface area contributed by atoms with Crippen molar-refractivity contribution in [3.8, 4) is 0 Å². The van der Waals surface area contributed by atoms with E-state index in [0.717, 1.165) is 12.0 Å². The first-order chi connectivity index (χ1) is 12.1. The summed E-state index contributed by atoms with van der Waals surface area (Å²) in [5.41, 5.74) is 7.90. The van der Waals surface area contributed by atoms with Gasteiger partial charge in [0.1, 0.15) is 0 Å². The van der Waals surface area contributed by atoms with Crippen molar-refractivity contribution in [3.05, 3.63) is 71.3 Å². The number of carbonyl (C=O) groups is 2. The molecule has 2 N–H and O–H groups in total. The zero-order chi connectivity index (χ0) is 17.4. The molecule has 2 amide bonds. The van der Waals surface area contributed by atoms with Crippen molar-refractivity contribution >= 4 is 11.8 Å². The number of ether oxygens (including phenoxy) is 1. The summed E-state index contributed by atoms with van der Waals surface area (Å²) in [5, 5.41) is 0. The van der Waals surface area contributed by atoms with Crippen LogP contribution in [0.1, 0.15) is 32.7 Å². The van der Waals surface area contributed by atoms with E-state index >= 15 is 0 Å². The molecular formula is C20H20N2O3. The minimum Gasteiger partial charge on any atom is -0.376 e. The molecule has 1 aliphatic carbocycles. The number of carbonyl (C=O) groups excluding carboxylic acids is 2. The SMILES string of the molecule is N[C@@]1(CN2C(=O)c3ccccc3C2=O)C[C@@H]1COCc1ccccc1. The van der Waals surface area contributed by atoms with E-state index in [0.29, 0.717) is 24.3 Å². The highest BCUT2D eigenvalue weighted by Gasteiger charge is 2.54. The van der Waals surface area contributed by atoms with Gasteiger partial charge in [-0.05, 0) is 24.1 Å². The van der Waals surface area contributed by atoms with Crippen LogP contribution in [0.3, 0.4) is 0 Å². The van der Waals surface area contributed by atoms with Gasteiger partial charge in [-0.15, -0.1) is 0 Å². The fourth-order valence-corrected chi connectivity index (χ4v) is 3.39. The highest BCUT2D eigenvalue weighted by Crippen LogP contribution is 2.43. The van der Waals surface area contributed by atoms with Crippen LogP contribution in [0, 0.1) is 5.92 Å². The molecule has 128 valence electrons. The summed E-state index contributed by atoms with van der Waals surface area (Å²) in [5.74, 6) is -0.330. The molecule has 2 atom stereocenters. The van der Waals surface area contributed by atoms with Gasteiger partial charge in [-0.2, -0.15) is 0 Å². The van der Waals surface area contributed by atoms with Crippen LogP contribution in [0.25, 0.3) is 0 Å². The van der Waals surface area contributed by atoms with Gasteiger partial charge >= 0.3 is 0 Å². The predicted octanol–water partition coefficient (Wildman–Crippen LogP) is 2.22. The summed E-state index contributed by atoms with van der Waals surface area (Å²) in [6, 6.07) is 16.9. The van der Waals surface area contributed by atoms with Crippen molar-refractivity contribution in [1.29, 1.82) is 0 Å². The van der Waals surface area contributed by atoms with Crippen LogP contribution in [0.2, 0.25) is 0 Å². The molecule has 0 spiro atoms. The van der Waals surface area contributed by atoms with Crippen LogP contribution < -0.4 is 5.73 Å². The third kappa shape index (κ3) is 2.97. The molecular weight excluding hydrogens is 316 g/mol. The Bertz CT molecular complexity index is 786. The first-order valence-corrected chi connectivity index (χ1v) is 8.44. The zero-order valence-corrected chi connectivity index (χ0v) is 13.9. The maximum Gasteiger partial charge on any atom is 0.261 e. The third-order valence-electron chi connectivity index (χ3n) is 5.04. The van der Waals surface area contributed by atoms with Gasteiger partial charge in [-0.3, -0.25) is 14.5 Å². The highest BCUT2D eigenvalue weighted by molar-refractivity contribution is 6.21. The van der Waals surface area contributed by atoms with Gasteiger partial charge in [0.25, 0.3) is 11.8 Å². The van der Waals surface area contributed by atoms with Crippen LogP contribution >= 0.6 is 0 Å². The summed E-state index contributed by atoms with van der Waals surface area (Å²) >= 11 is 0. The second-order valence-corrected chi connectivity index (χ2v) is 6.88. The molecule has 5 heteroatoms. The fraction of sp³-hybridized carbons (Fsp3) is 0.300. The minimum absolute atomic E-state index is 0.167. The number of nitrogens with zero attached hydrogens (tertiary/aromatic N) is 1. The van der Waals surface area contributed by atoms with Gasteiger partial charge in [0, 0.05) is 18.0 Å². The molecule has 1 saturated carbocycles. The fourth-order valence-electron chi connectivity index (χ4n) is 3.39. The van der Waals surface area contributed by atoms with E-state index in [1.54, 1.807) is 24.3 Å². The lowest BCUT2D eigenvalue weighted by Gasteiger charge is -2.20. The maximum absolute atomic E-state index is 12.4. The smallest absolute Gasteiger partial charge is 0.261 e. The predicted molar refractivity (Wildman–Crippen MR) is 92.9 cm³/mol. The van der Waals surface area contributed by atoms with Crippen molar-refractivity contribution in [1.82, 2.24) is 4.90 Å². The summed E-state index contributed by atoms with van der Waals surface area (Å²) in [6.45, 7) is 1.33. The summed E-state index contributed by atoms with van der Waals surface area (Å²) in [6.07, 6.45) is 0.759. The summed E-state index contributed by atoms with van der Waals surface area (Å²) in [7, 11) is 0. The van der Waals surface area contributed by atoms with E-state index in [9.17, 15) is 9.59 Å². The molecule has 2 aromatic rings. The number of hydrogen-bond acceptors (Lipinski definition) is 4. The quantitative estimate of drug-likeness (QED) is 0.821. The maximum atomic E-state index is 12.4. The molecule has 4 rings (SSSR count). The van der Waals surface area contributed by atoms with Gasteiger partial charge in [0.05, 0.1) is 24.3 Å². The van der Waals surface area contributed by atoms with Crippen LogP contribution in [0.15, 0.2) is 54.6 Å². The molecule has 1 aliphatic heterocycles. The van der Waals surface area contributed by atoms with Crippen LogP contribution in [-0.2, 0) is 11.3 Å². The Balaban J connectivity index is 1.33. The number of amides is 2. The number of hydrogen-bond donors (Lipinski definition) is 1. The van der Waals surface area contributed by atoms with E-state index in [1.807, 2.05) is 30.3 Å². The molecule has 25 heavy (non-hydrogen) atoms. The average Bonchev–Trinajstić information content (AvgIpc) is 3.22. The van der Waals surface area contributed by atoms with Crippen molar-refractivity contribution in [2.24, 2.45) is 11.7 Å². The van der Waals surface area contributed by atoms with Gasteiger partial charge < -0.3 is 10.5 Å². The van der Waals surface area contributed by atoms with Crippen LogP contribution in [0.5, 0.6) is 0 Å². The lowest BCUT2D eigenvalue weighted by atomic mass is 10.1. The Morgan fingerprint density at radius 3 is 2.24 bits per heavy atom. The monoisotopic (exact) mass is 336 g/mol. The van der Waals surface area contributed by atoms with Gasteiger partial charge in [0.15, 0.2) is 0 Å². The summed E-state index contributed by atoms with van der Waals surface area (Å²) in [4.78, 5) is 26.2. The molecule has 0 saturated heterocycles. The highest BCUT2D eigenvalue weighted by atomic mass is 16.5. The van der Waals surface area contributed by atoms with Gasteiger partial charge in [-0.25, -0.2) is 0 Å². The molecule has 5 nitrogen and oxygen atoms in total. The van der Waals surface area contributed by atoms with E-state index in [1.165, 1.54) is 4.90 Å². The molecule has 0 radical (unpaired) electrons. The van der Waals surface area contributed by atoms with Gasteiger partial charge in [-0.1, -0.05) is 42.5 Å². The molecule has 0 aromatic heterocycles. The first-order valence-electron chi connectivity index (χ1n) is 8.44. The topological polar surface area (TPSA) is 72.6 Å². The number of rotatable bonds is 6. The minimum atomic E-state index is -0.538. The van der Waals surface area contributed by atoms with Crippen LogP contribution in [-0.4, -0.2) is 35.4 Å². The Morgan fingerprint density at radius 2 is 1.60 bits per heavy atom. The molecule has 1 heterocycles. The van der Waals surface area contributed by atoms with Crippen molar-refractivity contribution in [2.45, 2.75) is 18.6 Å². The largest absolute Gasteiger partial charge is 0.376 e. The molecule has 2 aromatic carbocycles. The molecule has 1 fully saturated rings.